The van der Waals surface area contributed by atoms with E-state index in [1.807, 2.05) is 6.92 Å². The summed E-state index contributed by atoms with van der Waals surface area (Å²) in [6.07, 6.45) is 1.81. The molecular formula is C14H20FN3O. The summed E-state index contributed by atoms with van der Waals surface area (Å²) in [5, 5.41) is 2.60. The van der Waals surface area contributed by atoms with Crippen molar-refractivity contribution in [3.8, 4) is 0 Å². The molecule has 2 amide bonds. The van der Waals surface area contributed by atoms with Gasteiger partial charge in [0.25, 0.3) is 0 Å². The van der Waals surface area contributed by atoms with Crippen molar-refractivity contribution in [2.45, 2.75) is 25.8 Å². The van der Waals surface area contributed by atoms with Crippen molar-refractivity contribution in [2.24, 2.45) is 11.7 Å². The molecule has 1 fully saturated rings. The van der Waals surface area contributed by atoms with Crippen molar-refractivity contribution in [2.75, 3.05) is 18.4 Å². The fourth-order valence-corrected chi connectivity index (χ4v) is 2.39. The van der Waals surface area contributed by atoms with E-state index in [1.165, 1.54) is 6.07 Å². The molecule has 1 aromatic rings. The highest BCUT2D eigenvalue weighted by atomic mass is 19.1. The molecule has 1 unspecified atom stereocenters. The second-order valence-corrected chi connectivity index (χ2v) is 5.09. The number of likely N-dealkylation sites (tertiary alicyclic amines) is 1. The van der Waals surface area contributed by atoms with Crippen molar-refractivity contribution in [1.29, 1.82) is 0 Å². The highest BCUT2D eigenvalue weighted by Gasteiger charge is 2.25. The maximum absolute atomic E-state index is 13.4. The molecule has 0 radical (unpaired) electrons. The van der Waals surface area contributed by atoms with Crippen molar-refractivity contribution in [1.82, 2.24) is 4.90 Å². The van der Waals surface area contributed by atoms with Crippen LogP contribution in [0.2, 0.25) is 0 Å². The number of anilines is 1. The fraction of sp³-hybridized carbons (Fsp3) is 0.500. The van der Waals surface area contributed by atoms with Crippen LogP contribution in [0.15, 0.2) is 24.3 Å². The van der Waals surface area contributed by atoms with E-state index in [0.29, 0.717) is 19.0 Å². The van der Waals surface area contributed by atoms with Gasteiger partial charge in [0, 0.05) is 19.1 Å². The second kappa shape index (κ2) is 6.02. The van der Waals surface area contributed by atoms with Gasteiger partial charge in [0.2, 0.25) is 0 Å². The van der Waals surface area contributed by atoms with Crippen molar-refractivity contribution in [3.63, 3.8) is 0 Å². The summed E-state index contributed by atoms with van der Waals surface area (Å²) >= 11 is 0. The monoisotopic (exact) mass is 265 g/mol. The lowest BCUT2D eigenvalue weighted by Crippen LogP contribution is -2.44. The van der Waals surface area contributed by atoms with Crippen LogP contribution in [0.4, 0.5) is 14.9 Å². The minimum atomic E-state index is -0.415. The number of nitrogens with zero attached hydrogens (tertiary/aromatic N) is 1. The van der Waals surface area contributed by atoms with E-state index in [1.54, 1.807) is 23.1 Å². The number of benzene rings is 1. The number of nitrogens with two attached hydrogens (primary N) is 1. The van der Waals surface area contributed by atoms with Gasteiger partial charge < -0.3 is 16.0 Å². The van der Waals surface area contributed by atoms with Gasteiger partial charge in [0.1, 0.15) is 5.82 Å². The first-order valence-corrected chi connectivity index (χ1v) is 6.64. The molecule has 0 bridgehead atoms. The summed E-state index contributed by atoms with van der Waals surface area (Å²) < 4.78 is 13.4. The van der Waals surface area contributed by atoms with Crippen LogP contribution in [0, 0.1) is 11.7 Å². The van der Waals surface area contributed by atoms with Crippen LogP contribution in [0.1, 0.15) is 19.8 Å². The second-order valence-electron chi connectivity index (χ2n) is 5.09. The van der Waals surface area contributed by atoms with E-state index in [9.17, 15) is 9.18 Å². The summed E-state index contributed by atoms with van der Waals surface area (Å²) in [5.74, 6) is 0.0545. The van der Waals surface area contributed by atoms with Crippen LogP contribution in [0.3, 0.4) is 0 Å². The van der Waals surface area contributed by atoms with E-state index in [-0.39, 0.29) is 17.8 Å². The maximum atomic E-state index is 13.4. The van der Waals surface area contributed by atoms with E-state index in [4.69, 9.17) is 5.73 Å². The van der Waals surface area contributed by atoms with Gasteiger partial charge in [-0.3, -0.25) is 0 Å². The van der Waals surface area contributed by atoms with Crippen LogP contribution in [-0.4, -0.2) is 30.1 Å². The number of amides is 2. The van der Waals surface area contributed by atoms with E-state index < -0.39 is 5.82 Å². The number of hydrogen-bond donors (Lipinski definition) is 2. The van der Waals surface area contributed by atoms with Gasteiger partial charge >= 0.3 is 6.03 Å². The Kier molecular flexibility index (Phi) is 4.37. The molecule has 1 aliphatic rings. The minimum Gasteiger partial charge on any atom is -0.328 e. The molecule has 0 aliphatic carbocycles. The molecule has 19 heavy (non-hydrogen) atoms. The van der Waals surface area contributed by atoms with Crippen molar-refractivity contribution >= 4 is 11.7 Å². The van der Waals surface area contributed by atoms with Crippen LogP contribution in [-0.2, 0) is 0 Å². The third kappa shape index (κ3) is 3.44. The maximum Gasteiger partial charge on any atom is 0.321 e. The minimum absolute atomic E-state index is 0.164. The number of piperidine rings is 1. The van der Waals surface area contributed by atoms with Crippen LogP contribution in [0.25, 0.3) is 0 Å². The predicted molar refractivity (Wildman–Crippen MR) is 73.4 cm³/mol. The molecule has 0 spiro atoms. The van der Waals surface area contributed by atoms with Crippen molar-refractivity contribution < 1.29 is 9.18 Å². The number of halogens is 1. The summed E-state index contributed by atoms with van der Waals surface area (Å²) in [7, 11) is 0. The smallest absolute Gasteiger partial charge is 0.321 e. The molecular weight excluding hydrogens is 245 g/mol. The Morgan fingerprint density at radius 3 is 2.63 bits per heavy atom. The van der Waals surface area contributed by atoms with Crippen molar-refractivity contribution in [3.05, 3.63) is 30.1 Å². The molecule has 0 saturated carbocycles. The number of rotatable bonds is 2. The SMILES string of the molecule is CC(N)C1CCN(C(=O)Nc2ccccc2F)CC1. The summed E-state index contributed by atoms with van der Waals surface area (Å²) in [6.45, 7) is 3.35. The third-order valence-corrected chi connectivity index (χ3v) is 3.69. The van der Waals surface area contributed by atoms with Gasteiger partial charge in [-0.25, -0.2) is 9.18 Å². The Morgan fingerprint density at radius 1 is 1.42 bits per heavy atom. The molecule has 3 N–H and O–H groups in total. The molecule has 1 saturated heterocycles. The average molecular weight is 265 g/mol. The Hall–Kier alpha value is -1.62. The Morgan fingerprint density at radius 2 is 2.05 bits per heavy atom. The molecule has 4 nitrogen and oxygen atoms in total. The largest absolute Gasteiger partial charge is 0.328 e. The molecule has 104 valence electrons. The highest BCUT2D eigenvalue weighted by Crippen LogP contribution is 2.20. The summed E-state index contributed by atoms with van der Waals surface area (Å²) in [4.78, 5) is 13.7. The fourth-order valence-electron chi connectivity index (χ4n) is 2.39. The third-order valence-electron chi connectivity index (χ3n) is 3.69. The van der Waals surface area contributed by atoms with E-state index >= 15 is 0 Å². The lowest BCUT2D eigenvalue weighted by molar-refractivity contribution is 0.176. The molecule has 1 heterocycles. The zero-order chi connectivity index (χ0) is 13.8. The topological polar surface area (TPSA) is 58.4 Å². The van der Waals surface area contributed by atoms with Crippen LogP contribution in [0.5, 0.6) is 0 Å². The molecule has 5 heteroatoms. The van der Waals surface area contributed by atoms with E-state index in [2.05, 4.69) is 5.32 Å². The summed E-state index contributed by atoms with van der Waals surface area (Å²) in [5.41, 5.74) is 6.09. The van der Waals surface area contributed by atoms with Gasteiger partial charge in [-0.2, -0.15) is 0 Å². The Bertz CT molecular complexity index is 442. The predicted octanol–water partition coefficient (Wildman–Crippen LogP) is 2.42. The first-order chi connectivity index (χ1) is 9.08. The number of nitrogens with one attached hydrogen (secondary N) is 1. The molecule has 2 rings (SSSR count). The quantitative estimate of drug-likeness (QED) is 0.862. The number of para-hydroxylation sites is 1. The van der Waals surface area contributed by atoms with Gasteiger partial charge in [-0.15, -0.1) is 0 Å². The normalized spacial score (nSPS) is 18.2. The standard InChI is InChI=1S/C14H20FN3O/c1-10(16)11-6-8-18(9-7-11)14(19)17-13-5-3-2-4-12(13)15/h2-5,10-11H,6-9,16H2,1H3,(H,17,19). The molecule has 1 aromatic carbocycles. The summed E-state index contributed by atoms with van der Waals surface area (Å²) in [6, 6.07) is 6.10. The van der Waals surface area contributed by atoms with Crippen LogP contribution >= 0.6 is 0 Å². The first kappa shape index (κ1) is 13.8. The van der Waals surface area contributed by atoms with E-state index in [0.717, 1.165) is 12.8 Å². The Balaban J connectivity index is 1.90. The number of carbonyl (C=O) groups is 1. The highest BCUT2D eigenvalue weighted by molar-refractivity contribution is 5.89. The van der Waals surface area contributed by atoms with Crippen LogP contribution < -0.4 is 11.1 Å². The van der Waals surface area contributed by atoms with Gasteiger partial charge in [-0.05, 0) is 37.8 Å². The zero-order valence-electron chi connectivity index (χ0n) is 11.1. The Labute approximate surface area is 112 Å². The lowest BCUT2D eigenvalue weighted by atomic mass is 9.91. The van der Waals surface area contributed by atoms with Gasteiger partial charge in [0.15, 0.2) is 0 Å². The number of urea groups is 1. The first-order valence-electron chi connectivity index (χ1n) is 6.64. The zero-order valence-corrected chi connectivity index (χ0v) is 11.1. The molecule has 1 atom stereocenters. The lowest BCUT2D eigenvalue weighted by Gasteiger charge is -2.33. The average Bonchev–Trinajstić information content (AvgIpc) is 2.41. The number of hydrogen-bond acceptors (Lipinski definition) is 2. The molecule has 1 aliphatic heterocycles. The van der Waals surface area contributed by atoms with Gasteiger partial charge in [0.05, 0.1) is 5.69 Å². The molecule has 0 aromatic heterocycles. The van der Waals surface area contributed by atoms with Gasteiger partial charge in [-0.1, -0.05) is 12.1 Å². The number of carbonyl (C=O) groups excluding carboxylic acids is 1.